The molecule has 0 radical (unpaired) electrons. The van der Waals surface area contributed by atoms with E-state index < -0.39 is 5.97 Å². The van der Waals surface area contributed by atoms with Crippen molar-refractivity contribution in [2.24, 2.45) is 5.92 Å². The number of likely N-dealkylation sites (N-methyl/N-ethyl adjacent to an activating group) is 1. The van der Waals surface area contributed by atoms with E-state index in [9.17, 15) is 4.79 Å². The van der Waals surface area contributed by atoms with E-state index in [1.54, 1.807) is 7.05 Å². The van der Waals surface area contributed by atoms with Crippen LogP contribution in [0.1, 0.15) is 26.7 Å². The standard InChI is InChI=1S/C8H17NO2/c1-4-6(5-2)7(9-3)8(10)11/h6-7,9H,4-5H2,1-3H3,(H,10,11). The predicted octanol–water partition coefficient (Wildman–Crippen LogP) is 1.10. The Kier molecular flexibility index (Phi) is 4.86. The molecule has 0 saturated heterocycles. The first-order chi connectivity index (χ1) is 5.17. The fraction of sp³-hybridized carbons (Fsp3) is 0.875. The summed E-state index contributed by atoms with van der Waals surface area (Å²) in [5.74, 6) is -0.501. The molecule has 3 nitrogen and oxygen atoms in total. The summed E-state index contributed by atoms with van der Waals surface area (Å²) < 4.78 is 0. The van der Waals surface area contributed by atoms with E-state index in [4.69, 9.17) is 5.11 Å². The van der Waals surface area contributed by atoms with Crippen molar-refractivity contribution < 1.29 is 9.90 Å². The third-order valence-electron chi connectivity index (χ3n) is 2.10. The fourth-order valence-corrected chi connectivity index (χ4v) is 1.32. The van der Waals surface area contributed by atoms with Crippen LogP contribution in [0, 0.1) is 5.92 Å². The molecule has 0 aromatic rings. The van der Waals surface area contributed by atoms with Gasteiger partial charge < -0.3 is 10.4 Å². The number of carbonyl (C=O) groups is 1. The normalized spacial score (nSPS) is 13.5. The molecule has 0 fully saturated rings. The summed E-state index contributed by atoms with van der Waals surface area (Å²) in [5.41, 5.74) is 0. The van der Waals surface area contributed by atoms with Crippen molar-refractivity contribution in [2.75, 3.05) is 7.05 Å². The Morgan fingerprint density at radius 1 is 1.45 bits per heavy atom. The Morgan fingerprint density at radius 3 is 2.00 bits per heavy atom. The average molecular weight is 159 g/mol. The first kappa shape index (κ1) is 10.4. The summed E-state index contributed by atoms with van der Waals surface area (Å²) in [4.78, 5) is 10.6. The number of rotatable bonds is 5. The zero-order valence-corrected chi connectivity index (χ0v) is 7.42. The van der Waals surface area contributed by atoms with E-state index in [1.165, 1.54) is 0 Å². The first-order valence-corrected chi connectivity index (χ1v) is 4.07. The smallest absolute Gasteiger partial charge is 0.320 e. The third-order valence-corrected chi connectivity index (χ3v) is 2.10. The molecule has 0 spiro atoms. The predicted molar refractivity (Wildman–Crippen MR) is 44.6 cm³/mol. The minimum atomic E-state index is -0.749. The molecule has 0 bridgehead atoms. The summed E-state index contributed by atoms with van der Waals surface area (Å²) in [5, 5.41) is 11.5. The van der Waals surface area contributed by atoms with E-state index in [1.807, 2.05) is 13.8 Å². The number of hydrogen-bond acceptors (Lipinski definition) is 2. The topological polar surface area (TPSA) is 49.3 Å². The van der Waals surface area contributed by atoms with Gasteiger partial charge in [-0.15, -0.1) is 0 Å². The van der Waals surface area contributed by atoms with Crippen molar-refractivity contribution in [3.63, 3.8) is 0 Å². The van der Waals surface area contributed by atoms with Gasteiger partial charge in [0, 0.05) is 0 Å². The molecular formula is C8H17NO2. The van der Waals surface area contributed by atoms with E-state index in [2.05, 4.69) is 5.32 Å². The Morgan fingerprint density at radius 2 is 1.91 bits per heavy atom. The molecule has 0 rings (SSSR count). The van der Waals surface area contributed by atoms with Crippen LogP contribution in [0.5, 0.6) is 0 Å². The second-order valence-electron chi connectivity index (χ2n) is 2.68. The molecule has 0 aliphatic heterocycles. The molecule has 3 heteroatoms. The molecule has 0 amide bonds. The fourth-order valence-electron chi connectivity index (χ4n) is 1.32. The van der Waals surface area contributed by atoms with Crippen molar-refractivity contribution in [1.29, 1.82) is 0 Å². The summed E-state index contributed by atoms with van der Waals surface area (Å²) in [6.45, 7) is 4.03. The van der Waals surface area contributed by atoms with Crippen molar-refractivity contribution in [1.82, 2.24) is 5.32 Å². The molecule has 11 heavy (non-hydrogen) atoms. The van der Waals surface area contributed by atoms with E-state index >= 15 is 0 Å². The highest BCUT2D eigenvalue weighted by Crippen LogP contribution is 2.12. The van der Waals surface area contributed by atoms with Crippen LogP contribution in [0.2, 0.25) is 0 Å². The summed E-state index contributed by atoms with van der Waals surface area (Å²) in [6.07, 6.45) is 1.82. The third kappa shape index (κ3) is 2.89. The number of carboxylic acids is 1. The largest absolute Gasteiger partial charge is 0.480 e. The molecule has 0 aliphatic rings. The maximum atomic E-state index is 10.6. The first-order valence-electron chi connectivity index (χ1n) is 4.07. The number of nitrogens with one attached hydrogen (secondary N) is 1. The minimum absolute atomic E-state index is 0.248. The Bertz CT molecular complexity index is 121. The monoisotopic (exact) mass is 159 g/mol. The lowest BCUT2D eigenvalue weighted by Gasteiger charge is -2.20. The van der Waals surface area contributed by atoms with Gasteiger partial charge in [0.25, 0.3) is 0 Å². The average Bonchev–Trinajstić information content (AvgIpc) is 1.99. The van der Waals surface area contributed by atoms with E-state index in [0.29, 0.717) is 0 Å². The van der Waals surface area contributed by atoms with E-state index in [0.717, 1.165) is 12.8 Å². The van der Waals surface area contributed by atoms with Crippen LogP contribution in [0.25, 0.3) is 0 Å². The van der Waals surface area contributed by atoms with Gasteiger partial charge in [-0.05, 0) is 13.0 Å². The lowest BCUT2D eigenvalue weighted by molar-refractivity contribution is -0.140. The SMILES string of the molecule is CCC(CC)C(NC)C(=O)O. The highest BCUT2D eigenvalue weighted by Gasteiger charge is 2.22. The molecule has 0 aromatic carbocycles. The van der Waals surface area contributed by atoms with E-state index in [-0.39, 0.29) is 12.0 Å². The molecular weight excluding hydrogens is 142 g/mol. The molecule has 2 N–H and O–H groups in total. The van der Waals surface area contributed by atoms with Crippen LogP contribution >= 0.6 is 0 Å². The molecule has 0 saturated carbocycles. The zero-order valence-electron chi connectivity index (χ0n) is 7.42. The second kappa shape index (κ2) is 5.13. The van der Waals surface area contributed by atoms with Crippen molar-refractivity contribution in [3.8, 4) is 0 Å². The van der Waals surface area contributed by atoms with Crippen LogP contribution < -0.4 is 5.32 Å². The van der Waals surface area contributed by atoms with Gasteiger partial charge in [0.2, 0.25) is 0 Å². The maximum absolute atomic E-state index is 10.6. The van der Waals surface area contributed by atoms with Crippen LogP contribution in [0.15, 0.2) is 0 Å². The maximum Gasteiger partial charge on any atom is 0.320 e. The Hall–Kier alpha value is -0.570. The number of aliphatic carboxylic acids is 1. The number of carboxylic acid groups (broad SMARTS) is 1. The zero-order chi connectivity index (χ0) is 8.85. The molecule has 1 unspecified atom stereocenters. The van der Waals surface area contributed by atoms with Gasteiger partial charge in [-0.2, -0.15) is 0 Å². The lowest BCUT2D eigenvalue weighted by Crippen LogP contribution is -2.40. The Balaban J connectivity index is 4.09. The van der Waals surface area contributed by atoms with Gasteiger partial charge in [0.05, 0.1) is 0 Å². The van der Waals surface area contributed by atoms with Gasteiger partial charge in [0.15, 0.2) is 0 Å². The minimum Gasteiger partial charge on any atom is -0.480 e. The lowest BCUT2D eigenvalue weighted by atomic mass is 9.94. The summed E-state index contributed by atoms with van der Waals surface area (Å²) >= 11 is 0. The van der Waals surface area contributed by atoms with Gasteiger partial charge in [-0.25, -0.2) is 0 Å². The number of hydrogen-bond donors (Lipinski definition) is 2. The highest BCUT2D eigenvalue weighted by atomic mass is 16.4. The summed E-state index contributed by atoms with van der Waals surface area (Å²) in [7, 11) is 1.69. The van der Waals surface area contributed by atoms with Crippen LogP contribution in [-0.2, 0) is 4.79 Å². The van der Waals surface area contributed by atoms with Crippen LogP contribution in [-0.4, -0.2) is 24.2 Å². The quantitative estimate of drug-likeness (QED) is 0.631. The van der Waals surface area contributed by atoms with Crippen molar-refractivity contribution >= 4 is 5.97 Å². The molecule has 1 atom stereocenters. The van der Waals surface area contributed by atoms with Crippen molar-refractivity contribution in [2.45, 2.75) is 32.7 Å². The molecule has 66 valence electrons. The van der Waals surface area contributed by atoms with Crippen molar-refractivity contribution in [3.05, 3.63) is 0 Å². The second-order valence-corrected chi connectivity index (χ2v) is 2.68. The molecule has 0 aliphatic carbocycles. The van der Waals surface area contributed by atoms with Crippen LogP contribution in [0.3, 0.4) is 0 Å². The van der Waals surface area contributed by atoms with Gasteiger partial charge in [-0.3, -0.25) is 4.79 Å². The highest BCUT2D eigenvalue weighted by molar-refractivity contribution is 5.73. The molecule has 0 aromatic heterocycles. The summed E-state index contributed by atoms with van der Waals surface area (Å²) in [6, 6.07) is -0.384. The Labute approximate surface area is 67.8 Å². The molecule has 0 heterocycles. The van der Waals surface area contributed by atoms with Gasteiger partial charge in [0.1, 0.15) is 6.04 Å². The van der Waals surface area contributed by atoms with Crippen LogP contribution in [0.4, 0.5) is 0 Å². The van der Waals surface area contributed by atoms with Gasteiger partial charge >= 0.3 is 5.97 Å². The van der Waals surface area contributed by atoms with Gasteiger partial charge in [-0.1, -0.05) is 26.7 Å².